The molecule has 0 aliphatic carbocycles. The summed E-state index contributed by atoms with van der Waals surface area (Å²) in [5.41, 5.74) is 1.44. The van der Waals surface area contributed by atoms with Gasteiger partial charge in [0.25, 0.3) is 0 Å². The molecular formula is C17H28N2. The van der Waals surface area contributed by atoms with Crippen LogP contribution in [0.15, 0.2) is 30.3 Å². The lowest BCUT2D eigenvalue weighted by molar-refractivity contribution is 0.175. The molecule has 1 aromatic carbocycles. The highest BCUT2D eigenvalue weighted by Gasteiger charge is 2.18. The summed E-state index contributed by atoms with van der Waals surface area (Å²) in [6.07, 6.45) is 2.69. The molecule has 1 aliphatic rings. The lowest BCUT2D eigenvalue weighted by Gasteiger charge is -2.32. The van der Waals surface area contributed by atoms with E-state index < -0.39 is 0 Å². The fourth-order valence-corrected chi connectivity index (χ4v) is 2.77. The normalized spacial score (nSPS) is 18.1. The highest BCUT2D eigenvalue weighted by atomic mass is 15.1. The maximum Gasteiger partial charge on any atom is 0.0233 e. The van der Waals surface area contributed by atoms with E-state index in [1.54, 1.807) is 0 Å². The van der Waals surface area contributed by atoms with Crippen molar-refractivity contribution in [3.8, 4) is 0 Å². The van der Waals surface area contributed by atoms with Gasteiger partial charge in [-0.1, -0.05) is 44.2 Å². The van der Waals surface area contributed by atoms with Gasteiger partial charge in [-0.3, -0.25) is 4.90 Å². The number of likely N-dealkylation sites (tertiary alicyclic amines) is 1. The van der Waals surface area contributed by atoms with Crippen molar-refractivity contribution in [2.24, 2.45) is 11.8 Å². The Kier molecular flexibility index (Phi) is 5.87. The first-order chi connectivity index (χ1) is 9.24. The van der Waals surface area contributed by atoms with E-state index in [2.05, 4.69) is 54.4 Å². The van der Waals surface area contributed by atoms with Gasteiger partial charge in [-0.2, -0.15) is 0 Å². The second-order valence-electron chi connectivity index (χ2n) is 6.26. The van der Waals surface area contributed by atoms with Crippen molar-refractivity contribution in [3.63, 3.8) is 0 Å². The highest BCUT2D eigenvalue weighted by Crippen LogP contribution is 2.18. The molecule has 0 saturated carbocycles. The van der Waals surface area contributed by atoms with Gasteiger partial charge >= 0.3 is 0 Å². The molecule has 1 fully saturated rings. The quantitative estimate of drug-likeness (QED) is 0.845. The van der Waals surface area contributed by atoms with Crippen LogP contribution in [-0.4, -0.2) is 31.1 Å². The summed E-state index contributed by atoms with van der Waals surface area (Å²) >= 11 is 0. The molecule has 1 N–H and O–H groups in total. The molecule has 1 aromatic rings. The van der Waals surface area contributed by atoms with Crippen LogP contribution in [0.3, 0.4) is 0 Å². The van der Waals surface area contributed by atoms with Gasteiger partial charge in [0.15, 0.2) is 0 Å². The van der Waals surface area contributed by atoms with E-state index >= 15 is 0 Å². The minimum absolute atomic E-state index is 0.762. The molecule has 0 amide bonds. The Hall–Kier alpha value is -0.860. The van der Waals surface area contributed by atoms with Crippen molar-refractivity contribution in [2.45, 2.75) is 33.2 Å². The average Bonchev–Trinajstić information content (AvgIpc) is 2.42. The zero-order valence-corrected chi connectivity index (χ0v) is 12.4. The number of piperidine rings is 1. The van der Waals surface area contributed by atoms with Crippen molar-refractivity contribution < 1.29 is 0 Å². The first-order valence-electron chi connectivity index (χ1n) is 7.71. The summed E-state index contributed by atoms with van der Waals surface area (Å²) in [6, 6.07) is 10.8. The first-order valence-corrected chi connectivity index (χ1v) is 7.71. The molecule has 0 radical (unpaired) electrons. The molecule has 0 bridgehead atoms. The topological polar surface area (TPSA) is 15.3 Å². The Morgan fingerprint density at radius 2 is 1.84 bits per heavy atom. The van der Waals surface area contributed by atoms with Crippen molar-refractivity contribution >= 4 is 0 Å². The molecule has 0 aromatic heterocycles. The molecule has 2 heteroatoms. The smallest absolute Gasteiger partial charge is 0.0233 e. The monoisotopic (exact) mass is 260 g/mol. The minimum atomic E-state index is 0.762. The van der Waals surface area contributed by atoms with Crippen LogP contribution in [0, 0.1) is 11.8 Å². The van der Waals surface area contributed by atoms with Crippen molar-refractivity contribution in [1.82, 2.24) is 10.2 Å². The fraction of sp³-hybridized carbons (Fsp3) is 0.647. The van der Waals surface area contributed by atoms with Crippen LogP contribution in [-0.2, 0) is 6.54 Å². The third-order valence-electron chi connectivity index (χ3n) is 3.94. The van der Waals surface area contributed by atoms with E-state index in [1.807, 2.05) is 0 Å². The van der Waals surface area contributed by atoms with Crippen LogP contribution in [0.5, 0.6) is 0 Å². The average molecular weight is 260 g/mol. The minimum Gasteiger partial charge on any atom is -0.316 e. The maximum atomic E-state index is 3.60. The van der Waals surface area contributed by atoms with Crippen LogP contribution in [0.25, 0.3) is 0 Å². The number of nitrogens with one attached hydrogen (secondary N) is 1. The van der Waals surface area contributed by atoms with E-state index in [0.29, 0.717) is 0 Å². The van der Waals surface area contributed by atoms with Crippen LogP contribution in [0.1, 0.15) is 32.3 Å². The van der Waals surface area contributed by atoms with Crippen molar-refractivity contribution in [1.29, 1.82) is 0 Å². The summed E-state index contributed by atoms with van der Waals surface area (Å²) in [4.78, 5) is 2.59. The second kappa shape index (κ2) is 7.66. The maximum absolute atomic E-state index is 3.60. The summed E-state index contributed by atoms with van der Waals surface area (Å²) in [5.74, 6) is 1.64. The van der Waals surface area contributed by atoms with Crippen LogP contribution in [0.4, 0.5) is 0 Å². The van der Waals surface area contributed by atoms with Crippen molar-refractivity contribution in [3.05, 3.63) is 35.9 Å². The third-order valence-corrected chi connectivity index (χ3v) is 3.94. The predicted molar refractivity (Wildman–Crippen MR) is 82.2 cm³/mol. The third kappa shape index (κ3) is 5.33. The number of benzene rings is 1. The molecule has 106 valence electrons. The molecule has 1 aliphatic heterocycles. The van der Waals surface area contributed by atoms with Gasteiger partial charge < -0.3 is 5.32 Å². The second-order valence-corrected chi connectivity index (χ2v) is 6.26. The number of hydrogen-bond acceptors (Lipinski definition) is 2. The molecule has 19 heavy (non-hydrogen) atoms. The molecule has 0 spiro atoms. The summed E-state index contributed by atoms with van der Waals surface area (Å²) in [6.45, 7) is 10.5. The van der Waals surface area contributed by atoms with Gasteiger partial charge in [-0.25, -0.2) is 0 Å². The van der Waals surface area contributed by atoms with Gasteiger partial charge in [0.05, 0.1) is 0 Å². The fourth-order valence-electron chi connectivity index (χ4n) is 2.77. The van der Waals surface area contributed by atoms with Gasteiger partial charge in [-0.15, -0.1) is 0 Å². The largest absolute Gasteiger partial charge is 0.316 e. The molecular weight excluding hydrogens is 232 g/mol. The lowest BCUT2D eigenvalue weighted by Crippen LogP contribution is -2.37. The van der Waals surface area contributed by atoms with E-state index in [4.69, 9.17) is 0 Å². The summed E-state index contributed by atoms with van der Waals surface area (Å²) < 4.78 is 0. The van der Waals surface area contributed by atoms with Crippen LogP contribution in [0.2, 0.25) is 0 Å². The lowest BCUT2D eigenvalue weighted by atomic mass is 9.96. The van der Waals surface area contributed by atoms with Crippen LogP contribution >= 0.6 is 0 Å². The Balaban J connectivity index is 1.65. The van der Waals surface area contributed by atoms with Gasteiger partial charge in [0.1, 0.15) is 0 Å². The first kappa shape index (κ1) is 14.5. The molecule has 2 rings (SSSR count). The standard InChI is InChI=1S/C17H28N2/c1-15(2)12-18-13-16-8-10-19(11-9-16)14-17-6-4-3-5-7-17/h3-7,15-16,18H,8-14H2,1-2H3. The Bertz CT molecular complexity index is 340. The number of hydrogen-bond donors (Lipinski definition) is 1. The Morgan fingerprint density at radius 1 is 1.16 bits per heavy atom. The van der Waals surface area contributed by atoms with Gasteiger partial charge in [-0.05, 0) is 56.4 Å². The predicted octanol–water partition coefficient (Wildman–Crippen LogP) is 3.14. The van der Waals surface area contributed by atoms with E-state index in [1.165, 1.54) is 38.0 Å². The van der Waals surface area contributed by atoms with Gasteiger partial charge in [0, 0.05) is 6.54 Å². The zero-order valence-electron chi connectivity index (χ0n) is 12.4. The van der Waals surface area contributed by atoms with E-state index in [9.17, 15) is 0 Å². The molecule has 1 heterocycles. The van der Waals surface area contributed by atoms with E-state index in [0.717, 1.165) is 24.9 Å². The van der Waals surface area contributed by atoms with Crippen molar-refractivity contribution in [2.75, 3.05) is 26.2 Å². The molecule has 2 nitrogen and oxygen atoms in total. The zero-order chi connectivity index (χ0) is 13.5. The summed E-state index contributed by atoms with van der Waals surface area (Å²) in [5, 5.41) is 3.60. The summed E-state index contributed by atoms with van der Waals surface area (Å²) in [7, 11) is 0. The number of nitrogens with zero attached hydrogens (tertiary/aromatic N) is 1. The SMILES string of the molecule is CC(C)CNCC1CCN(Cc2ccccc2)CC1. The molecule has 0 atom stereocenters. The Labute approximate surface area is 118 Å². The Morgan fingerprint density at radius 3 is 2.47 bits per heavy atom. The highest BCUT2D eigenvalue weighted by molar-refractivity contribution is 5.14. The molecule has 0 unspecified atom stereocenters. The van der Waals surface area contributed by atoms with Gasteiger partial charge in [0.2, 0.25) is 0 Å². The van der Waals surface area contributed by atoms with E-state index in [-0.39, 0.29) is 0 Å². The number of rotatable bonds is 6. The van der Waals surface area contributed by atoms with Crippen LogP contribution < -0.4 is 5.32 Å². The molecule has 1 saturated heterocycles.